The molecule has 112 valence electrons. The lowest BCUT2D eigenvalue weighted by atomic mass is 10.4. The van der Waals surface area contributed by atoms with Crippen molar-refractivity contribution >= 4 is 23.6 Å². The van der Waals surface area contributed by atoms with E-state index in [1.807, 2.05) is 55.5 Å². The van der Waals surface area contributed by atoms with E-state index in [2.05, 4.69) is 24.3 Å². The summed E-state index contributed by atoms with van der Waals surface area (Å²) in [5, 5.41) is 2.12. The zero-order valence-corrected chi connectivity index (χ0v) is 13.3. The Kier molecular flexibility index (Phi) is 4.69. The molecule has 1 heterocycles. The van der Waals surface area contributed by atoms with E-state index in [9.17, 15) is 0 Å². The van der Waals surface area contributed by atoms with Crippen LogP contribution in [0.5, 0.6) is 0 Å². The fourth-order valence-electron chi connectivity index (χ4n) is 2.38. The molecule has 2 aromatic carbocycles. The van der Waals surface area contributed by atoms with Gasteiger partial charge in [-0.1, -0.05) is 41.1 Å². The first-order chi connectivity index (χ1) is 10.9. The molecule has 3 nitrogen and oxygen atoms in total. The van der Waals surface area contributed by atoms with Gasteiger partial charge in [0.25, 0.3) is 5.50 Å². The summed E-state index contributed by atoms with van der Waals surface area (Å²) >= 11 is 0. The minimum absolute atomic E-state index is 0.474. The van der Waals surface area contributed by atoms with Crippen molar-refractivity contribution < 1.29 is 14.0 Å². The second-order valence-electron chi connectivity index (χ2n) is 4.71. The Labute approximate surface area is 130 Å². The summed E-state index contributed by atoms with van der Waals surface area (Å²) in [4.78, 5) is 5.42. The van der Waals surface area contributed by atoms with Crippen molar-refractivity contribution in [3.8, 4) is 0 Å². The van der Waals surface area contributed by atoms with E-state index in [0.717, 1.165) is 16.1 Å². The third-order valence-electron chi connectivity index (χ3n) is 3.34. The van der Waals surface area contributed by atoms with Gasteiger partial charge < -0.3 is 4.42 Å². The molecule has 3 aromatic rings. The van der Waals surface area contributed by atoms with E-state index in [4.69, 9.17) is 14.0 Å². The van der Waals surface area contributed by atoms with Crippen LogP contribution in [0.1, 0.15) is 6.92 Å². The fraction of sp³-hybridized carbons (Fsp3) is 0.111. The third-order valence-corrected chi connectivity index (χ3v) is 6.59. The molecule has 0 amide bonds. The number of hydrogen-bond donors (Lipinski definition) is 0. The predicted octanol–water partition coefficient (Wildman–Crippen LogP) is 3.46. The molecule has 1 aromatic heterocycles. The second-order valence-corrected chi connectivity index (χ2v) is 7.55. The first-order valence-electron chi connectivity index (χ1n) is 7.23. The van der Waals surface area contributed by atoms with Crippen molar-refractivity contribution in [2.75, 3.05) is 6.61 Å². The maximum Gasteiger partial charge on any atom is 0.320 e. The van der Waals surface area contributed by atoms with E-state index in [1.165, 1.54) is 0 Å². The van der Waals surface area contributed by atoms with Crippen LogP contribution in [0.3, 0.4) is 0 Å². The number of furan rings is 1. The highest BCUT2D eigenvalue weighted by Crippen LogP contribution is 2.56. The van der Waals surface area contributed by atoms with Gasteiger partial charge in [0, 0.05) is 6.07 Å². The summed E-state index contributed by atoms with van der Waals surface area (Å²) in [6.07, 6.45) is 1.67. The molecule has 0 radical (unpaired) electrons. The van der Waals surface area contributed by atoms with Crippen LogP contribution in [-0.2, 0) is 9.56 Å². The second kappa shape index (κ2) is 6.89. The standard InChI is InChI=1S/C18H18O3P/c1-2-20-21-22(18-14-9-15-19-18,16-10-5-3-6-11-16)17-12-7-4-8-13-17/h3-15H,2H2,1H3/q+1. The monoisotopic (exact) mass is 313 g/mol. The largest absolute Gasteiger partial charge is 0.432 e. The van der Waals surface area contributed by atoms with Gasteiger partial charge in [-0.15, -0.1) is 0 Å². The van der Waals surface area contributed by atoms with Gasteiger partial charge in [0.1, 0.15) is 10.6 Å². The maximum atomic E-state index is 6.01. The van der Waals surface area contributed by atoms with Gasteiger partial charge in [0.05, 0.1) is 12.9 Å². The Hall–Kier alpha value is -1.93. The molecule has 0 bridgehead atoms. The molecule has 0 saturated heterocycles. The highest BCUT2D eigenvalue weighted by Gasteiger charge is 2.53. The van der Waals surface area contributed by atoms with Crippen LogP contribution < -0.4 is 16.1 Å². The van der Waals surface area contributed by atoms with E-state index in [0.29, 0.717) is 6.61 Å². The lowest BCUT2D eigenvalue weighted by Gasteiger charge is -2.20. The van der Waals surface area contributed by atoms with Crippen molar-refractivity contribution in [3.05, 3.63) is 79.1 Å². The molecule has 0 aliphatic rings. The van der Waals surface area contributed by atoms with Gasteiger partial charge in [-0.25, -0.2) is 0 Å². The molecular formula is C18H18O3P+. The first kappa shape index (κ1) is 15.0. The molecule has 0 saturated carbocycles. The summed E-state index contributed by atoms with van der Waals surface area (Å²) in [5.74, 6) is 0. The van der Waals surface area contributed by atoms with Crippen LogP contribution in [0.4, 0.5) is 0 Å². The van der Waals surface area contributed by atoms with E-state index in [-0.39, 0.29) is 0 Å². The quantitative estimate of drug-likeness (QED) is 0.397. The average molecular weight is 313 g/mol. The summed E-state index contributed by atoms with van der Waals surface area (Å²) in [6, 6.07) is 24.1. The zero-order chi connectivity index (χ0) is 15.3. The van der Waals surface area contributed by atoms with Gasteiger partial charge in [0.2, 0.25) is 0 Å². The average Bonchev–Trinajstić information content (AvgIpc) is 3.13. The Morgan fingerprint density at radius 1 is 0.818 bits per heavy atom. The summed E-state index contributed by atoms with van der Waals surface area (Å²) in [7, 11) is -2.41. The molecule has 0 spiro atoms. The van der Waals surface area contributed by atoms with Crippen LogP contribution in [0.25, 0.3) is 0 Å². The molecule has 0 unspecified atom stereocenters. The summed E-state index contributed by atoms with van der Waals surface area (Å²) in [6.45, 7) is 2.38. The van der Waals surface area contributed by atoms with E-state index >= 15 is 0 Å². The van der Waals surface area contributed by atoms with Crippen LogP contribution in [0.15, 0.2) is 83.5 Å². The number of rotatable bonds is 6. The van der Waals surface area contributed by atoms with Crippen LogP contribution >= 0.6 is 7.49 Å². The third kappa shape index (κ3) is 2.71. The molecule has 22 heavy (non-hydrogen) atoms. The van der Waals surface area contributed by atoms with Gasteiger partial charge in [-0.3, -0.25) is 0 Å². The molecule has 0 fully saturated rings. The Morgan fingerprint density at radius 2 is 1.41 bits per heavy atom. The predicted molar refractivity (Wildman–Crippen MR) is 90.1 cm³/mol. The van der Waals surface area contributed by atoms with Crippen LogP contribution in [-0.4, -0.2) is 6.61 Å². The Morgan fingerprint density at radius 3 is 1.86 bits per heavy atom. The van der Waals surface area contributed by atoms with E-state index in [1.54, 1.807) is 6.26 Å². The van der Waals surface area contributed by atoms with Crippen molar-refractivity contribution in [3.63, 3.8) is 0 Å². The summed E-state index contributed by atoms with van der Waals surface area (Å²) in [5.41, 5.74) is 0.790. The zero-order valence-electron chi connectivity index (χ0n) is 12.4. The Bertz CT molecular complexity index is 641. The van der Waals surface area contributed by atoms with Gasteiger partial charge in [-0.2, -0.15) is 4.89 Å². The topological polar surface area (TPSA) is 31.6 Å². The minimum atomic E-state index is -2.41. The van der Waals surface area contributed by atoms with Gasteiger partial charge in [-0.05, 0) is 37.3 Å². The lowest BCUT2D eigenvalue weighted by molar-refractivity contribution is -0.194. The normalized spacial score (nSPS) is 11.5. The highest BCUT2D eigenvalue weighted by atomic mass is 31.2. The van der Waals surface area contributed by atoms with Crippen molar-refractivity contribution in [2.45, 2.75) is 6.92 Å². The molecule has 0 atom stereocenters. The molecule has 3 rings (SSSR count). The Balaban J connectivity index is 2.23. The lowest BCUT2D eigenvalue weighted by Crippen LogP contribution is -2.32. The highest BCUT2D eigenvalue weighted by molar-refractivity contribution is 7.91. The van der Waals surface area contributed by atoms with Crippen LogP contribution in [0, 0.1) is 0 Å². The smallest absolute Gasteiger partial charge is 0.320 e. The molecule has 4 heteroatoms. The molecule has 0 N–H and O–H groups in total. The minimum Gasteiger partial charge on any atom is -0.432 e. The van der Waals surface area contributed by atoms with Gasteiger partial charge in [0.15, 0.2) is 0 Å². The molecule has 0 aliphatic carbocycles. The number of hydrogen-bond acceptors (Lipinski definition) is 3. The first-order valence-corrected chi connectivity index (χ1v) is 8.94. The van der Waals surface area contributed by atoms with Crippen molar-refractivity contribution in [1.29, 1.82) is 0 Å². The summed E-state index contributed by atoms with van der Waals surface area (Å²) < 4.78 is 11.8. The van der Waals surface area contributed by atoms with Crippen molar-refractivity contribution in [2.24, 2.45) is 0 Å². The van der Waals surface area contributed by atoms with Crippen LogP contribution in [0.2, 0.25) is 0 Å². The number of benzene rings is 2. The SMILES string of the molecule is CCOO[P+](c1ccccc1)(c1ccccc1)c1ccco1. The fourth-order valence-corrected chi connectivity index (χ4v) is 5.39. The maximum absolute atomic E-state index is 6.01. The van der Waals surface area contributed by atoms with Crippen molar-refractivity contribution in [1.82, 2.24) is 0 Å². The molecule has 0 aliphatic heterocycles. The van der Waals surface area contributed by atoms with E-state index < -0.39 is 7.49 Å². The molecular weight excluding hydrogens is 295 g/mol. The van der Waals surface area contributed by atoms with Gasteiger partial charge >= 0.3 is 7.49 Å².